The lowest BCUT2D eigenvalue weighted by molar-refractivity contribution is -0.132. The Bertz CT molecular complexity index is 346. The van der Waals surface area contributed by atoms with Crippen molar-refractivity contribution < 1.29 is 18.3 Å². The molecule has 1 atom stereocenters. The molecule has 96 valence electrons. The molecule has 17 heavy (non-hydrogen) atoms. The van der Waals surface area contributed by atoms with Crippen molar-refractivity contribution in [3.8, 4) is 0 Å². The number of benzene rings is 1. The number of hydrogen-bond donors (Lipinski definition) is 1. The van der Waals surface area contributed by atoms with Gasteiger partial charge in [0.05, 0.1) is 12.5 Å². The first-order chi connectivity index (χ1) is 7.79. The SMILES string of the molecule is C[C@@H](O)c1ccc(N(C)CCC(F)(F)F)cc1. The number of nitrogens with zero attached hydrogens (tertiary/aromatic N) is 1. The van der Waals surface area contributed by atoms with E-state index >= 15 is 0 Å². The molecule has 0 saturated carbocycles. The highest BCUT2D eigenvalue weighted by molar-refractivity contribution is 5.47. The first-order valence-electron chi connectivity index (χ1n) is 5.35. The highest BCUT2D eigenvalue weighted by Gasteiger charge is 2.27. The average Bonchev–Trinajstić information content (AvgIpc) is 2.25. The van der Waals surface area contributed by atoms with Gasteiger partial charge < -0.3 is 10.0 Å². The molecule has 0 aliphatic heterocycles. The lowest BCUT2D eigenvalue weighted by Gasteiger charge is -2.20. The Kier molecular flexibility index (Phi) is 4.40. The third kappa shape index (κ3) is 4.65. The van der Waals surface area contributed by atoms with Crippen LogP contribution in [0, 0.1) is 0 Å². The monoisotopic (exact) mass is 247 g/mol. The lowest BCUT2D eigenvalue weighted by atomic mass is 10.1. The summed E-state index contributed by atoms with van der Waals surface area (Å²) in [4.78, 5) is 1.54. The Morgan fingerprint density at radius 2 is 1.76 bits per heavy atom. The highest BCUT2D eigenvalue weighted by atomic mass is 19.4. The zero-order valence-corrected chi connectivity index (χ0v) is 9.83. The van der Waals surface area contributed by atoms with Crippen LogP contribution < -0.4 is 4.90 Å². The fourth-order valence-electron chi connectivity index (χ4n) is 1.43. The van der Waals surface area contributed by atoms with E-state index in [0.29, 0.717) is 5.69 Å². The zero-order valence-electron chi connectivity index (χ0n) is 9.83. The van der Waals surface area contributed by atoms with Gasteiger partial charge in [0.2, 0.25) is 0 Å². The van der Waals surface area contributed by atoms with Gasteiger partial charge in [-0.15, -0.1) is 0 Å². The zero-order chi connectivity index (χ0) is 13.1. The molecule has 0 unspecified atom stereocenters. The molecule has 0 aliphatic carbocycles. The van der Waals surface area contributed by atoms with Crippen molar-refractivity contribution in [1.82, 2.24) is 0 Å². The Balaban J connectivity index is 2.60. The average molecular weight is 247 g/mol. The topological polar surface area (TPSA) is 23.5 Å². The molecule has 0 spiro atoms. The molecule has 0 aliphatic rings. The van der Waals surface area contributed by atoms with Crippen molar-refractivity contribution in [1.29, 1.82) is 0 Å². The van der Waals surface area contributed by atoms with Gasteiger partial charge in [-0.05, 0) is 24.6 Å². The molecule has 0 radical (unpaired) electrons. The van der Waals surface area contributed by atoms with Crippen molar-refractivity contribution >= 4 is 5.69 Å². The molecule has 1 rings (SSSR count). The van der Waals surface area contributed by atoms with Crippen molar-refractivity contribution in [2.24, 2.45) is 0 Å². The van der Waals surface area contributed by atoms with Gasteiger partial charge in [-0.25, -0.2) is 0 Å². The van der Waals surface area contributed by atoms with E-state index in [1.165, 1.54) is 0 Å². The van der Waals surface area contributed by atoms with Crippen molar-refractivity contribution in [2.45, 2.75) is 25.6 Å². The van der Waals surface area contributed by atoms with Crippen LogP contribution in [0.15, 0.2) is 24.3 Å². The standard InChI is InChI=1S/C12H16F3NO/c1-9(17)10-3-5-11(6-4-10)16(2)8-7-12(13,14)15/h3-6,9,17H,7-8H2,1-2H3/t9-/m1/s1. The number of aliphatic hydroxyl groups is 1. The number of alkyl halides is 3. The number of rotatable bonds is 4. The van der Waals surface area contributed by atoms with Crippen molar-refractivity contribution in [3.63, 3.8) is 0 Å². The summed E-state index contributed by atoms with van der Waals surface area (Å²) in [6.07, 6.45) is -5.53. The van der Waals surface area contributed by atoms with E-state index in [1.54, 1.807) is 43.1 Å². The molecular formula is C12H16F3NO. The molecule has 2 nitrogen and oxygen atoms in total. The summed E-state index contributed by atoms with van der Waals surface area (Å²) in [6.45, 7) is 1.57. The number of aliphatic hydroxyl groups excluding tert-OH is 1. The Morgan fingerprint density at radius 3 is 2.18 bits per heavy atom. The third-order valence-corrected chi connectivity index (χ3v) is 2.55. The largest absolute Gasteiger partial charge is 0.390 e. The highest BCUT2D eigenvalue weighted by Crippen LogP contribution is 2.22. The molecule has 1 N–H and O–H groups in total. The Morgan fingerprint density at radius 1 is 1.24 bits per heavy atom. The predicted molar refractivity (Wildman–Crippen MR) is 61.0 cm³/mol. The van der Waals surface area contributed by atoms with E-state index in [1.807, 2.05) is 0 Å². The molecule has 0 saturated heterocycles. The normalized spacial score (nSPS) is 13.5. The second-order valence-corrected chi connectivity index (χ2v) is 4.05. The van der Waals surface area contributed by atoms with E-state index in [0.717, 1.165) is 5.56 Å². The van der Waals surface area contributed by atoms with Gasteiger partial charge in [-0.2, -0.15) is 13.2 Å². The van der Waals surface area contributed by atoms with E-state index < -0.39 is 18.7 Å². The molecule has 0 amide bonds. The Hall–Kier alpha value is -1.23. The minimum atomic E-state index is -4.13. The molecular weight excluding hydrogens is 231 g/mol. The Labute approximate surface area is 98.7 Å². The molecule has 0 heterocycles. The van der Waals surface area contributed by atoms with Crippen LogP contribution in [0.2, 0.25) is 0 Å². The minimum Gasteiger partial charge on any atom is -0.389 e. The first kappa shape index (κ1) is 13.8. The van der Waals surface area contributed by atoms with Crippen molar-refractivity contribution in [2.75, 3.05) is 18.5 Å². The lowest BCUT2D eigenvalue weighted by Crippen LogP contribution is -2.23. The van der Waals surface area contributed by atoms with Crippen LogP contribution in [0.3, 0.4) is 0 Å². The van der Waals surface area contributed by atoms with Crippen LogP contribution in [0.4, 0.5) is 18.9 Å². The fourth-order valence-corrected chi connectivity index (χ4v) is 1.43. The van der Waals surface area contributed by atoms with E-state index in [-0.39, 0.29) is 6.54 Å². The maximum Gasteiger partial charge on any atom is 0.390 e. The molecule has 1 aromatic rings. The predicted octanol–water partition coefficient (Wildman–Crippen LogP) is 3.13. The van der Waals surface area contributed by atoms with Crippen molar-refractivity contribution in [3.05, 3.63) is 29.8 Å². The molecule has 0 fully saturated rings. The van der Waals surface area contributed by atoms with Gasteiger partial charge in [0.25, 0.3) is 0 Å². The van der Waals surface area contributed by atoms with Crippen LogP contribution in [-0.4, -0.2) is 24.9 Å². The van der Waals surface area contributed by atoms with Gasteiger partial charge >= 0.3 is 6.18 Å². The van der Waals surface area contributed by atoms with Gasteiger partial charge in [-0.3, -0.25) is 0 Å². The second kappa shape index (κ2) is 5.40. The number of anilines is 1. The molecule has 0 aromatic heterocycles. The van der Waals surface area contributed by atoms with Crippen LogP contribution in [0.1, 0.15) is 25.0 Å². The smallest absolute Gasteiger partial charge is 0.389 e. The maximum atomic E-state index is 12.0. The summed E-state index contributed by atoms with van der Waals surface area (Å²) in [6, 6.07) is 6.84. The van der Waals surface area contributed by atoms with Crippen LogP contribution in [-0.2, 0) is 0 Å². The van der Waals surface area contributed by atoms with Crippen LogP contribution >= 0.6 is 0 Å². The van der Waals surface area contributed by atoms with Gasteiger partial charge in [0.1, 0.15) is 0 Å². The summed E-state index contributed by atoms with van der Waals surface area (Å²) in [5.74, 6) is 0. The third-order valence-electron chi connectivity index (χ3n) is 2.55. The summed E-state index contributed by atoms with van der Waals surface area (Å²) in [7, 11) is 1.61. The van der Waals surface area contributed by atoms with Crippen LogP contribution in [0.5, 0.6) is 0 Å². The fraction of sp³-hybridized carbons (Fsp3) is 0.500. The maximum absolute atomic E-state index is 12.0. The molecule has 0 bridgehead atoms. The second-order valence-electron chi connectivity index (χ2n) is 4.05. The summed E-state index contributed by atoms with van der Waals surface area (Å²) < 4.78 is 36.1. The van der Waals surface area contributed by atoms with E-state index in [2.05, 4.69) is 0 Å². The van der Waals surface area contributed by atoms with E-state index in [4.69, 9.17) is 0 Å². The van der Waals surface area contributed by atoms with Gasteiger partial charge in [0.15, 0.2) is 0 Å². The molecule has 5 heteroatoms. The summed E-state index contributed by atoms with van der Waals surface area (Å²) in [5, 5.41) is 9.30. The number of halogens is 3. The van der Waals surface area contributed by atoms with Gasteiger partial charge in [-0.1, -0.05) is 12.1 Å². The molecule has 1 aromatic carbocycles. The summed E-state index contributed by atoms with van der Waals surface area (Å²) in [5.41, 5.74) is 1.46. The first-order valence-corrected chi connectivity index (χ1v) is 5.35. The quantitative estimate of drug-likeness (QED) is 0.883. The van der Waals surface area contributed by atoms with E-state index in [9.17, 15) is 18.3 Å². The van der Waals surface area contributed by atoms with Crippen LogP contribution in [0.25, 0.3) is 0 Å². The van der Waals surface area contributed by atoms with Gasteiger partial charge in [0, 0.05) is 19.3 Å². The summed E-state index contributed by atoms with van der Waals surface area (Å²) >= 11 is 0. The number of hydrogen-bond acceptors (Lipinski definition) is 2. The minimum absolute atomic E-state index is 0.0719.